The monoisotopic (exact) mass is 478 g/mol. The highest BCUT2D eigenvalue weighted by atomic mass is 32.2. The van der Waals surface area contributed by atoms with Gasteiger partial charge in [-0.3, -0.25) is 4.72 Å². The molecule has 0 unspecified atom stereocenters. The van der Waals surface area contributed by atoms with Crippen LogP contribution in [0.4, 0.5) is 11.4 Å². The van der Waals surface area contributed by atoms with Gasteiger partial charge in [0.15, 0.2) is 0 Å². The van der Waals surface area contributed by atoms with Gasteiger partial charge >= 0.3 is 0 Å². The van der Waals surface area contributed by atoms with E-state index in [1.54, 1.807) is 35.2 Å². The van der Waals surface area contributed by atoms with Gasteiger partial charge in [0, 0.05) is 44.0 Å². The molecule has 0 amide bonds. The fraction of sp³-hybridized carbons (Fsp3) is 0.160. The summed E-state index contributed by atoms with van der Waals surface area (Å²) in [6, 6.07) is 24.6. The minimum Gasteiger partial charge on any atom is -0.399 e. The van der Waals surface area contributed by atoms with Crippen molar-refractivity contribution in [1.82, 2.24) is 9.71 Å². The Hall–Kier alpha value is -2.45. The number of rotatable bonds is 7. The van der Waals surface area contributed by atoms with Gasteiger partial charge in [0.1, 0.15) is 5.01 Å². The quantitative estimate of drug-likeness (QED) is 0.188. The summed E-state index contributed by atoms with van der Waals surface area (Å²) in [6.45, 7) is 6.50. The van der Waals surface area contributed by atoms with Crippen LogP contribution in [0.15, 0.2) is 88.8 Å². The number of nitrogens with zero attached hydrogens (tertiary/aromatic N) is 1. The number of nitrogens with two attached hydrogens (primary N) is 1. The molecule has 164 valence electrons. The van der Waals surface area contributed by atoms with Crippen LogP contribution in [-0.2, 0) is 0 Å². The molecule has 0 spiro atoms. The van der Waals surface area contributed by atoms with E-state index in [0.717, 1.165) is 31.7 Å². The van der Waals surface area contributed by atoms with E-state index in [1.807, 2.05) is 48.7 Å². The molecule has 0 saturated carbocycles. The zero-order valence-electron chi connectivity index (χ0n) is 18.3. The molecule has 0 fully saturated rings. The first-order valence-electron chi connectivity index (χ1n) is 10.3. The second kappa shape index (κ2) is 10.0. The molecule has 0 radical (unpaired) electrons. The van der Waals surface area contributed by atoms with Gasteiger partial charge in [0.05, 0.1) is 4.88 Å². The Kier molecular flexibility index (Phi) is 7.10. The number of thiazole rings is 1. The Morgan fingerprint density at radius 3 is 2.38 bits per heavy atom. The molecule has 32 heavy (non-hydrogen) atoms. The van der Waals surface area contributed by atoms with Gasteiger partial charge in [-0.25, -0.2) is 4.98 Å². The maximum atomic E-state index is 5.83. The first-order valence-corrected chi connectivity index (χ1v) is 12.7. The van der Waals surface area contributed by atoms with Gasteiger partial charge in [-0.15, -0.1) is 11.3 Å². The molecule has 3 aromatic carbocycles. The van der Waals surface area contributed by atoms with Crippen molar-refractivity contribution in [3.8, 4) is 21.0 Å². The minimum absolute atomic E-state index is 0.00696. The van der Waals surface area contributed by atoms with Gasteiger partial charge < -0.3 is 10.5 Å². The Balaban J connectivity index is 1.60. The molecule has 4 aromatic rings. The van der Waals surface area contributed by atoms with Crippen molar-refractivity contribution in [3.63, 3.8) is 0 Å². The Bertz CT molecular complexity index is 1170. The summed E-state index contributed by atoms with van der Waals surface area (Å²) in [5.41, 5.74) is 9.89. The van der Waals surface area contributed by atoms with Crippen molar-refractivity contribution in [2.45, 2.75) is 36.1 Å². The lowest BCUT2D eigenvalue weighted by atomic mass is 10.1. The molecular weight excluding hydrogens is 453 g/mol. The largest absolute Gasteiger partial charge is 0.399 e. The van der Waals surface area contributed by atoms with Crippen LogP contribution >= 0.6 is 35.2 Å². The minimum atomic E-state index is -0.00696. The third kappa shape index (κ3) is 6.07. The number of hydrogen-bond acceptors (Lipinski definition) is 7. The van der Waals surface area contributed by atoms with E-state index in [2.05, 4.69) is 65.5 Å². The maximum Gasteiger partial charge on any atom is 0.123 e. The fourth-order valence-electron chi connectivity index (χ4n) is 2.85. The van der Waals surface area contributed by atoms with Gasteiger partial charge in [-0.05, 0) is 93.2 Å². The van der Waals surface area contributed by atoms with E-state index in [1.165, 1.54) is 10.5 Å². The second-order valence-electron chi connectivity index (χ2n) is 8.33. The molecule has 0 saturated heterocycles. The van der Waals surface area contributed by atoms with Crippen molar-refractivity contribution in [2.75, 3.05) is 10.5 Å². The van der Waals surface area contributed by atoms with Gasteiger partial charge in [-0.1, -0.05) is 24.3 Å². The van der Waals surface area contributed by atoms with Crippen LogP contribution in [0.5, 0.6) is 0 Å². The summed E-state index contributed by atoms with van der Waals surface area (Å²) in [5.74, 6) is 0. The van der Waals surface area contributed by atoms with Crippen LogP contribution in [0.25, 0.3) is 21.0 Å². The second-order valence-corrected chi connectivity index (χ2v) is 11.1. The lowest BCUT2D eigenvalue weighted by Gasteiger charge is -2.21. The van der Waals surface area contributed by atoms with Crippen LogP contribution in [0.2, 0.25) is 0 Å². The molecule has 0 aliphatic heterocycles. The van der Waals surface area contributed by atoms with Gasteiger partial charge in [-0.2, -0.15) is 0 Å². The zero-order chi connectivity index (χ0) is 22.6. The van der Waals surface area contributed by atoms with Crippen molar-refractivity contribution in [1.29, 1.82) is 0 Å². The number of hydrogen-bond donors (Lipinski definition) is 3. The third-order valence-corrected chi connectivity index (χ3v) is 7.60. The van der Waals surface area contributed by atoms with Crippen molar-refractivity contribution >= 4 is 46.6 Å². The molecule has 1 heterocycles. The van der Waals surface area contributed by atoms with Gasteiger partial charge in [0.25, 0.3) is 0 Å². The van der Waals surface area contributed by atoms with E-state index < -0.39 is 0 Å². The number of anilines is 2. The average Bonchev–Trinajstić information content (AvgIpc) is 3.27. The van der Waals surface area contributed by atoms with Crippen LogP contribution in [0.1, 0.15) is 20.8 Å². The third-order valence-electron chi connectivity index (χ3n) is 4.41. The average molecular weight is 479 g/mol. The summed E-state index contributed by atoms with van der Waals surface area (Å²) in [4.78, 5) is 8.14. The van der Waals surface area contributed by atoms with E-state index in [4.69, 9.17) is 5.73 Å². The Labute approximate surface area is 202 Å². The number of benzene rings is 3. The molecule has 0 aliphatic rings. The van der Waals surface area contributed by atoms with Crippen molar-refractivity contribution < 1.29 is 0 Å². The van der Waals surface area contributed by atoms with Crippen molar-refractivity contribution in [2.24, 2.45) is 0 Å². The standard InChI is InChI=1S/C25H26N4S3/c1-25(2,3)29-32-22-15-19(28-31-20-7-5-4-6-8-20)13-14-21(22)23-16-27-24(30-23)17-9-11-18(26)12-10-17/h4-16,28-29H,26H2,1-3H3. The molecule has 4 rings (SSSR count). The van der Waals surface area contributed by atoms with E-state index in [9.17, 15) is 0 Å². The topological polar surface area (TPSA) is 63.0 Å². The van der Waals surface area contributed by atoms with Crippen LogP contribution < -0.4 is 15.2 Å². The predicted molar refractivity (Wildman–Crippen MR) is 142 cm³/mol. The number of aromatic nitrogens is 1. The van der Waals surface area contributed by atoms with E-state index >= 15 is 0 Å². The van der Waals surface area contributed by atoms with E-state index in [0.29, 0.717) is 0 Å². The molecule has 4 nitrogen and oxygen atoms in total. The number of nitrogens with one attached hydrogen (secondary N) is 2. The summed E-state index contributed by atoms with van der Waals surface area (Å²) in [5, 5.41) is 0.988. The summed E-state index contributed by atoms with van der Waals surface area (Å²) in [7, 11) is 0. The first kappa shape index (κ1) is 22.7. The molecule has 0 bridgehead atoms. The first-order chi connectivity index (χ1) is 15.4. The molecule has 0 atom stereocenters. The van der Waals surface area contributed by atoms with E-state index in [-0.39, 0.29) is 5.54 Å². The summed E-state index contributed by atoms with van der Waals surface area (Å²) in [6.07, 6.45) is 1.96. The summed E-state index contributed by atoms with van der Waals surface area (Å²) < 4.78 is 7.01. The Morgan fingerprint density at radius 1 is 0.906 bits per heavy atom. The fourth-order valence-corrected chi connectivity index (χ4v) is 5.42. The smallest absolute Gasteiger partial charge is 0.123 e. The van der Waals surface area contributed by atoms with Crippen LogP contribution in [0.3, 0.4) is 0 Å². The van der Waals surface area contributed by atoms with Crippen LogP contribution in [0, 0.1) is 0 Å². The predicted octanol–water partition coefficient (Wildman–Crippen LogP) is 7.57. The highest BCUT2D eigenvalue weighted by Crippen LogP contribution is 2.39. The highest BCUT2D eigenvalue weighted by molar-refractivity contribution is 8.00. The van der Waals surface area contributed by atoms with Crippen LogP contribution in [-0.4, -0.2) is 10.5 Å². The molecular formula is C25H26N4S3. The normalized spacial score (nSPS) is 11.5. The zero-order valence-corrected chi connectivity index (χ0v) is 20.7. The lowest BCUT2D eigenvalue weighted by molar-refractivity contribution is 0.535. The Morgan fingerprint density at radius 2 is 1.66 bits per heavy atom. The molecule has 0 aliphatic carbocycles. The summed E-state index contributed by atoms with van der Waals surface area (Å²) >= 11 is 4.96. The molecule has 7 heteroatoms. The SMILES string of the molecule is CC(C)(C)NSc1cc(NSc2ccccc2)ccc1-c1cnc(-c2ccc(N)cc2)s1. The number of nitrogen functional groups attached to an aromatic ring is 1. The maximum absolute atomic E-state index is 5.83. The van der Waals surface area contributed by atoms with Crippen molar-refractivity contribution in [3.05, 3.63) is 79.0 Å². The molecule has 1 aromatic heterocycles. The highest BCUT2D eigenvalue weighted by Gasteiger charge is 2.15. The molecule has 4 N–H and O–H groups in total. The van der Waals surface area contributed by atoms with Gasteiger partial charge in [0.2, 0.25) is 0 Å². The lowest BCUT2D eigenvalue weighted by Crippen LogP contribution is -2.29.